The number of benzene rings is 1. The first-order valence-corrected chi connectivity index (χ1v) is 8.05. The van der Waals surface area contributed by atoms with Crippen molar-refractivity contribution in [3.63, 3.8) is 0 Å². The van der Waals surface area contributed by atoms with Crippen LogP contribution in [0.4, 0.5) is 0 Å². The minimum Gasteiger partial charge on any atom is -0.360 e. The summed E-state index contributed by atoms with van der Waals surface area (Å²) in [6.07, 6.45) is 6.02. The van der Waals surface area contributed by atoms with E-state index in [-0.39, 0.29) is 0 Å². The van der Waals surface area contributed by atoms with Crippen LogP contribution in [-0.2, 0) is 7.05 Å². The minimum atomic E-state index is 0.656. The number of nitriles is 1. The standard InChI is InChI=1S/C18H13N4S/c1-22-6-2-3-13(10-22)18-21-17(11-23-18)15-9-20-16-5-4-12(8-19)7-14(15)16/h2-7,9-11,20H,1H3/q+1. The van der Waals surface area contributed by atoms with Gasteiger partial charge < -0.3 is 4.98 Å². The third-order valence-corrected chi connectivity index (χ3v) is 4.67. The van der Waals surface area contributed by atoms with Crippen LogP contribution >= 0.6 is 11.3 Å². The molecule has 4 rings (SSSR count). The summed E-state index contributed by atoms with van der Waals surface area (Å²) in [7, 11) is 2.00. The summed E-state index contributed by atoms with van der Waals surface area (Å²) in [4.78, 5) is 8.02. The molecule has 0 aliphatic heterocycles. The molecule has 0 radical (unpaired) electrons. The summed E-state index contributed by atoms with van der Waals surface area (Å²) < 4.78 is 2.02. The number of aryl methyl sites for hydroxylation is 1. The Morgan fingerprint density at radius 1 is 1.30 bits per heavy atom. The Hall–Kier alpha value is -2.97. The van der Waals surface area contributed by atoms with Gasteiger partial charge in [-0.3, -0.25) is 0 Å². The normalized spacial score (nSPS) is 10.8. The van der Waals surface area contributed by atoms with Crippen LogP contribution in [0.15, 0.2) is 54.3 Å². The van der Waals surface area contributed by atoms with E-state index < -0.39 is 0 Å². The summed E-state index contributed by atoms with van der Waals surface area (Å²) >= 11 is 1.62. The Labute approximate surface area is 137 Å². The van der Waals surface area contributed by atoms with Crippen molar-refractivity contribution in [2.45, 2.75) is 0 Å². The maximum absolute atomic E-state index is 9.10. The van der Waals surface area contributed by atoms with E-state index in [1.54, 1.807) is 11.3 Å². The number of thiazole rings is 1. The summed E-state index contributed by atoms with van der Waals surface area (Å²) in [5, 5.41) is 13.2. The molecule has 3 heterocycles. The fourth-order valence-electron chi connectivity index (χ4n) is 2.65. The topological polar surface area (TPSA) is 56.4 Å². The molecule has 0 bridgehead atoms. The Morgan fingerprint density at radius 3 is 3.04 bits per heavy atom. The van der Waals surface area contributed by atoms with E-state index in [2.05, 4.69) is 28.7 Å². The van der Waals surface area contributed by atoms with Crippen molar-refractivity contribution in [1.82, 2.24) is 9.97 Å². The van der Waals surface area contributed by atoms with Gasteiger partial charge in [0.15, 0.2) is 12.4 Å². The molecular formula is C18H13N4S+. The van der Waals surface area contributed by atoms with Crippen LogP contribution in [0.2, 0.25) is 0 Å². The number of fused-ring (bicyclic) bond motifs is 1. The van der Waals surface area contributed by atoms with Gasteiger partial charge in [-0.1, -0.05) is 0 Å². The quantitative estimate of drug-likeness (QED) is 0.574. The highest BCUT2D eigenvalue weighted by Crippen LogP contribution is 2.32. The van der Waals surface area contributed by atoms with Crippen LogP contribution in [-0.4, -0.2) is 9.97 Å². The predicted molar refractivity (Wildman–Crippen MR) is 90.7 cm³/mol. The molecular weight excluding hydrogens is 304 g/mol. The largest absolute Gasteiger partial charge is 0.360 e. The maximum atomic E-state index is 9.10. The molecule has 4 aromatic rings. The monoisotopic (exact) mass is 317 g/mol. The second-order valence-corrected chi connectivity index (χ2v) is 6.23. The van der Waals surface area contributed by atoms with Crippen molar-refractivity contribution in [3.05, 3.63) is 59.9 Å². The van der Waals surface area contributed by atoms with E-state index in [1.165, 1.54) is 0 Å². The Kier molecular flexibility index (Phi) is 3.18. The van der Waals surface area contributed by atoms with Gasteiger partial charge in [0.05, 0.1) is 22.9 Å². The number of aromatic nitrogens is 3. The van der Waals surface area contributed by atoms with Gasteiger partial charge in [-0.2, -0.15) is 5.26 Å². The number of nitrogens with one attached hydrogen (secondary N) is 1. The van der Waals surface area contributed by atoms with E-state index >= 15 is 0 Å². The third-order valence-electron chi connectivity index (χ3n) is 3.78. The second kappa shape index (κ2) is 5.34. The third kappa shape index (κ3) is 2.39. The van der Waals surface area contributed by atoms with E-state index in [4.69, 9.17) is 10.2 Å². The van der Waals surface area contributed by atoms with Crippen LogP contribution in [0, 0.1) is 11.3 Å². The number of nitrogens with zero attached hydrogens (tertiary/aromatic N) is 3. The van der Waals surface area contributed by atoms with Gasteiger partial charge in [0.25, 0.3) is 0 Å². The van der Waals surface area contributed by atoms with Gasteiger partial charge in [0.2, 0.25) is 0 Å². The zero-order chi connectivity index (χ0) is 15.8. The van der Waals surface area contributed by atoms with Crippen molar-refractivity contribution in [1.29, 1.82) is 5.26 Å². The van der Waals surface area contributed by atoms with Crippen molar-refractivity contribution < 1.29 is 4.57 Å². The second-order valence-electron chi connectivity index (χ2n) is 5.37. The minimum absolute atomic E-state index is 0.656. The van der Waals surface area contributed by atoms with Crippen LogP contribution in [0.25, 0.3) is 32.7 Å². The smallest absolute Gasteiger partial charge is 0.178 e. The maximum Gasteiger partial charge on any atom is 0.178 e. The van der Waals surface area contributed by atoms with E-state index in [0.29, 0.717) is 5.56 Å². The number of aromatic amines is 1. The molecule has 23 heavy (non-hydrogen) atoms. The Balaban J connectivity index is 1.82. The zero-order valence-corrected chi connectivity index (χ0v) is 13.3. The van der Waals surface area contributed by atoms with Crippen LogP contribution in [0.3, 0.4) is 0 Å². The highest BCUT2D eigenvalue weighted by molar-refractivity contribution is 7.13. The lowest BCUT2D eigenvalue weighted by Gasteiger charge is -1.96. The fraction of sp³-hybridized carbons (Fsp3) is 0.0556. The molecule has 0 fully saturated rings. The predicted octanol–water partition coefficient (Wildman–Crippen LogP) is 3.65. The molecule has 0 atom stereocenters. The van der Waals surface area contributed by atoms with Gasteiger partial charge in [-0.25, -0.2) is 9.55 Å². The highest BCUT2D eigenvalue weighted by Gasteiger charge is 2.12. The molecule has 0 unspecified atom stereocenters. The fourth-order valence-corrected chi connectivity index (χ4v) is 3.46. The number of H-pyrrole nitrogens is 1. The molecule has 1 aromatic carbocycles. The van der Waals surface area contributed by atoms with Gasteiger partial charge in [-0.15, -0.1) is 11.3 Å². The molecule has 1 N–H and O–H groups in total. The summed E-state index contributed by atoms with van der Waals surface area (Å²) in [5.74, 6) is 0. The lowest BCUT2D eigenvalue weighted by atomic mass is 10.1. The molecule has 110 valence electrons. The summed E-state index contributed by atoms with van der Waals surface area (Å²) in [6.45, 7) is 0. The number of rotatable bonds is 2. The molecule has 0 aliphatic rings. The first-order valence-electron chi connectivity index (χ1n) is 7.17. The number of hydrogen-bond acceptors (Lipinski definition) is 3. The molecule has 0 spiro atoms. The van der Waals surface area contributed by atoms with Crippen LogP contribution in [0.1, 0.15) is 5.56 Å². The summed E-state index contributed by atoms with van der Waals surface area (Å²) in [5.41, 5.74) is 4.73. The highest BCUT2D eigenvalue weighted by atomic mass is 32.1. The van der Waals surface area contributed by atoms with Gasteiger partial charge in [-0.05, 0) is 24.3 Å². The van der Waals surface area contributed by atoms with E-state index in [9.17, 15) is 0 Å². The van der Waals surface area contributed by atoms with Gasteiger partial charge in [0.1, 0.15) is 12.1 Å². The molecule has 0 saturated heterocycles. The molecule has 0 amide bonds. The first-order chi connectivity index (χ1) is 11.2. The molecule has 0 saturated carbocycles. The lowest BCUT2D eigenvalue weighted by molar-refractivity contribution is -0.671. The number of hydrogen-bond donors (Lipinski definition) is 1. The number of pyridine rings is 1. The average Bonchev–Trinajstić information content (AvgIpc) is 3.20. The van der Waals surface area contributed by atoms with Crippen LogP contribution < -0.4 is 4.57 Å². The zero-order valence-electron chi connectivity index (χ0n) is 12.4. The van der Waals surface area contributed by atoms with Gasteiger partial charge >= 0.3 is 0 Å². The average molecular weight is 317 g/mol. The lowest BCUT2D eigenvalue weighted by Crippen LogP contribution is -2.26. The van der Waals surface area contributed by atoms with Crippen molar-refractivity contribution in [2.24, 2.45) is 7.05 Å². The van der Waals surface area contributed by atoms with E-state index in [0.717, 1.165) is 32.7 Å². The van der Waals surface area contributed by atoms with Crippen molar-refractivity contribution in [2.75, 3.05) is 0 Å². The summed E-state index contributed by atoms with van der Waals surface area (Å²) in [6, 6.07) is 11.9. The van der Waals surface area contributed by atoms with Gasteiger partial charge in [0, 0.05) is 34.1 Å². The first kappa shape index (κ1) is 13.7. The van der Waals surface area contributed by atoms with Crippen LogP contribution in [0.5, 0.6) is 0 Å². The van der Waals surface area contributed by atoms with E-state index in [1.807, 2.05) is 48.3 Å². The molecule has 3 aromatic heterocycles. The van der Waals surface area contributed by atoms with Crippen molar-refractivity contribution >= 4 is 22.2 Å². The molecule has 5 heteroatoms. The van der Waals surface area contributed by atoms with Crippen molar-refractivity contribution in [3.8, 4) is 27.9 Å². The molecule has 4 nitrogen and oxygen atoms in total. The molecule has 0 aliphatic carbocycles. The Morgan fingerprint density at radius 2 is 2.22 bits per heavy atom. The Bertz CT molecular complexity index is 1050. The SMILES string of the molecule is C[n+]1cccc(-c2nc(-c3c[nH]c4ccc(C#N)cc34)cs2)c1.